The highest BCUT2D eigenvalue weighted by Gasteiger charge is 2.15. The first-order chi connectivity index (χ1) is 9.53. The van der Waals surface area contributed by atoms with Gasteiger partial charge >= 0.3 is 0 Å². The molecule has 6 heteroatoms. The van der Waals surface area contributed by atoms with Crippen molar-refractivity contribution in [1.82, 2.24) is 4.98 Å². The molecule has 0 aliphatic rings. The van der Waals surface area contributed by atoms with Crippen molar-refractivity contribution in [2.24, 2.45) is 0 Å². The van der Waals surface area contributed by atoms with Crippen LogP contribution in [0.15, 0.2) is 47.5 Å². The van der Waals surface area contributed by atoms with Crippen molar-refractivity contribution in [2.75, 3.05) is 4.72 Å². The van der Waals surface area contributed by atoms with Crippen LogP contribution in [0.4, 0.5) is 5.82 Å². The number of benzene rings is 1. The van der Waals surface area contributed by atoms with Crippen molar-refractivity contribution in [3.63, 3.8) is 0 Å². The summed E-state index contributed by atoms with van der Waals surface area (Å²) in [6.45, 7) is 1.78. The number of sulfonamides is 1. The molecular weight excluding hydrogens is 274 g/mol. The predicted octanol–water partition coefficient (Wildman–Crippen LogP) is 2.26. The molecule has 1 heterocycles. The van der Waals surface area contributed by atoms with Crippen LogP contribution < -0.4 is 4.72 Å². The van der Waals surface area contributed by atoms with Gasteiger partial charge in [-0.2, -0.15) is 5.26 Å². The van der Waals surface area contributed by atoms with Gasteiger partial charge in [-0.1, -0.05) is 18.2 Å². The maximum absolute atomic E-state index is 12.2. The minimum absolute atomic E-state index is 0.143. The third kappa shape index (κ3) is 3.13. The number of aromatic nitrogens is 1. The van der Waals surface area contributed by atoms with E-state index in [1.807, 2.05) is 6.07 Å². The number of nitrogens with zero attached hydrogens (tertiary/aromatic N) is 2. The van der Waals surface area contributed by atoms with Gasteiger partial charge in [0.25, 0.3) is 10.0 Å². The average molecular weight is 287 g/mol. The Bertz CT molecular complexity index is 747. The van der Waals surface area contributed by atoms with Crippen LogP contribution in [0, 0.1) is 18.3 Å². The number of aryl methyl sites for hydroxylation is 1. The molecule has 0 spiro atoms. The Labute approximate surface area is 118 Å². The van der Waals surface area contributed by atoms with Gasteiger partial charge in [-0.25, -0.2) is 13.4 Å². The molecule has 0 radical (unpaired) electrons. The first-order valence-corrected chi connectivity index (χ1v) is 7.41. The second-order valence-corrected chi connectivity index (χ2v) is 5.94. The molecule has 0 fully saturated rings. The van der Waals surface area contributed by atoms with E-state index in [0.29, 0.717) is 5.82 Å². The molecule has 2 aromatic rings. The lowest BCUT2D eigenvalue weighted by atomic mass is 10.2. The highest BCUT2D eigenvalue weighted by atomic mass is 32.2. The van der Waals surface area contributed by atoms with Crippen molar-refractivity contribution in [3.05, 3.63) is 53.7 Å². The van der Waals surface area contributed by atoms with E-state index < -0.39 is 10.0 Å². The highest BCUT2D eigenvalue weighted by Crippen LogP contribution is 2.17. The van der Waals surface area contributed by atoms with Crippen LogP contribution in [0.5, 0.6) is 0 Å². The fraction of sp³-hybridized carbons (Fsp3) is 0.143. The zero-order valence-corrected chi connectivity index (χ0v) is 11.7. The van der Waals surface area contributed by atoms with E-state index in [0.717, 1.165) is 11.1 Å². The summed E-state index contributed by atoms with van der Waals surface area (Å²) in [5.74, 6) is 0.314. The van der Waals surface area contributed by atoms with Gasteiger partial charge in [0, 0.05) is 6.20 Å². The standard InChI is InChI=1S/C14H13N3O2S/c1-11-3-2-10-16-14(11)17-20(18,19)13-6-4-12(5-7-13)8-9-15/h2-7,10H,8H2,1H3,(H,16,17). The molecule has 0 aliphatic heterocycles. The fourth-order valence-corrected chi connectivity index (χ4v) is 2.74. The minimum atomic E-state index is -3.66. The third-order valence-electron chi connectivity index (χ3n) is 2.76. The number of nitriles is 1. The Kier molecular flexibility index (Phi) is 4.01. The molecule has 5 nitrogen and oxygen atoms in total. The number of nitrogens with one attached hydrogen (secondary N) is 1. The number of pyridine rings is 1. The maximum atomic E-state index is 12.2. The molecule has 1 N–H and O–H groups in total. The second kappa shape index (κ2) is 5.72. The normalized spacial score (nSPS) is 10.8. The van der Waals surface area contributed by atoms with E-state index in [4.69, 9.17) is 5.26 Å². The van der Waals surface area contributed by atoms with E-state index in [1.54, 1.807) is 31.2 Å². The van der Waals surface area contributed by atoms with E-state index in [-0.39, 0.29) is 11.3 Å². The summed E-state index contributed by atoms with van der Waals surface area (Å²) >= 11 is 0. The minimum Gasteiger partial charge on any atom is -0.263 e. The quantitative estimate of drug-likeness (QED) is 0.935. The molecule has 1 aromatic heterocycles. The molecule has 2 rings (SSSR count). The molecule has 0 saturated heterocycles. The van der Waals surface area contributed by atoms with Crippen LogP contribution in [0.2, 0.25) is 0 Å². The third-order valence-corrected chi connectivity index (χ3v) is 4.11. The summed E-state index contributed by atoms with van der Waals surface area (Å²) in [5, 5.41) is 8.59. The van der Waals surface area contributed by atoms with Crippen molar-refractivity contribution in [1.29, 1.82) is 5.26 Å². The lowest BCUT2D eigenvalue weighted by Gasteiger charge is -2.09. The molecule has 0 bridgehead atoms. The van der Waals surface area contributed by atoms with Crippen LogP contribution in [-0.4, -0.2) is 13.4 Å². The van der Waals surface area contributed by atoms with Crippen molar-refractivity contribution < 1.29 is 8.42 Å². The van der Waals surface area contributed by atoms with Gasteiger partial charge in [0.05, 0.1) is 17.4 Å². The smallest absolute Gasteiger partial charge is 0.263 e. The number of hydrogen-bond donors (Lipinski definition) is 1. The molecule has 0 saturated carbocycles. The van der Waals surface area contributed by atoms with E-state index in [1.165, 1.54) is 18.3 Å². The number of hydrogen-bond acceptors (Lipinski definition) is 4. The Morgan fingerprint density at radius 1 is 1.25 bits per heavy atom. The van der Waals surface area contributed by atoms with Gasteiger partial charge in [-0.3, -0.25) is 4.72 Å². The van der Waals surface area contributed by atoms with Crippen LogP contribution in [0.3, 0.4) is 0 Å². The molecule has 20 heavy (non-hydrogen) atoms. The topological polar surface area (TPSA) is 82.8 Å². The highest BCUT2D eigenvalue weighted by molar-refractivity contribution is 7.92. The molecule has 0 unspecified atom stereocenters. The molecule has 102 valence electrons. The summed E-state index contributed by atoms with van der Waals surface area (Å²) in [6, 6.07) is 11.7. The fourth-order valence-electron chi connectivity index (χ4n) is 1.66. The molecule has 0 atom stereocenters. The molecule has 0 amide bonds. The molecular formula is C14H13N3O2S. The monoisotopic (exact) mass is 287 g/mol. The van der Waals surface area contributed by atoms with Crippen molar-refractivity contribution in [3.8, 4) is 6.07 Å². The first-order valence-electron chi connectivity index (χ1n) is 5.93. The maximum Gasteiger partial charge on any atom is 0.263 e. The summed E-state index contributed by atoms with van der Waals surface area (Å²) in [4.78, 5) is 4.15. The SMILES string of the molecule is Cc1cccnc1NS(=O)(=O)c1ccc(CC#N)cc1. The largest absolute Gasteiger partial charge is 0.263 e. The first kappa shape index (κ1) is 14.0. The van der Waals surface area contributed by atoms with Crippen LogP contribution >= 0.6 is 0 Å². The predicted molar refractivity (Wildman–Crippen MR) is 75.5 cm³/mol. The molecule has 1 aromatic carbocycles. The van der Waals surface area contributed by atoms with E-state index in [9.17, 15) is 8.42 Å². The van der Waals surface area contributed by atoms with E-state index >= 15 is 0 Å². The van der Waals surface area contributed by atoms with Gasteiger partial charge in [-0.15, -0.1) is 0 Å². The Balaban J connectivity index is 2.27. The average Bonchev–Trinajstić information content (AvgIpc) is 2.42. The summed E-state index contributed by atoms with van der Waals surface area (Å²) < 4.78 is 26.9. The summed E-state index contributed by atoms with van der Waals surface area (Å²) in [7, 11) is -3.66. The van der Waals surface area contributed by atoms with Gasteiger partial charge in [0.15, 0.2) is 0 Å². The van der Waals surface area contributed by atoms with Gasteiger partial charge < -0.3 is 0 Å². The molecule has 0 aliphatic carbocycles. The van der Waals surface area contributed by atoms with Crippen LogP contribution in [0.25, 0.3) is 0 Å². The van der Waals surface area contributed by atoms with Crippen LogP contribution in [0.1, 0.15) is 11.1 Å². The van der Waals surface area contributed by atoms with Gasteiger partial charge in [0.1, 0.15) is 5.82 Å². The Hall–Kier alpha value is -2.39. The zero-order chi connectivity index (χ0) is 14.6. The van der Waals surface area contributed by atoms with Crippen molar-refractivity contribution in [2.45, 2.75) is 18.2 Å². The second-order valence-electron chi connectivity index (χ2n) is 4.25. The lowest BCUT2D eigenvalue weighted by molar-refractivity contribution is 0.601. The Morgan fingerprint density at radius 2 is 1.95 bits per heavy atom. The van der Waals surface area contributed by atoms with Crippen molar-refractivity contribution >= 4 is 15.8 Å². The number of rotatable bonds is 4. The van der Waals surface area contributed by atoms with E-state index in [2.05, 4.69) is 9.71 Å². The number of anilines is 1. The zero-order valence-electron chi connectivity index (χ0n) is 10.9. The van der Waals surface area contributed by atoms with Crippen LogP contribution in [-0.2, 0) is 16.4 Å². The van der Waals surface area contributed by atoms with Gasteiger partial charge in [-0.05, 0) is 36.2 Å². The summed E-state index contributed by atoms with van der Waals surface area (Å²) in [6.07, 6.45) is 1.79. The summed E-state index contributed by atoms with van der Waals surface area (Å²) in [5.41, 5.74) is 1.53. The van der Waals surface area contributed by atoms with Gasteiger partial charge in [0.2, 0.25) is 0 Å². The lowest BCUT2D eigenvalue weighted by Crippen LogP contribution is -2.14. The Morgan fingerprint density at radius 3 is 2.55 bits per heavy atom.